The van der Waals surface area contributed by atoms with Crippen molar-refractivity contribution in [2.24, 2.45) is 4.99 Å². The summed E-state index contributed by atoms with van der Waals surface area (Å²) in [7, 11) is 0. The molecule has 1 aromatic carbocycles. The maximum absolute atomic E-state index is 13.9. The molecule has 2 aliphatic heterocycles. The summed E-state index contributed by atoms with van der Waals surface area (Å²) in [5.74, 6) is -1.09. The molecule has 5 nitrogen and oxygen atoms in total. The van der Waals surface area contributed by atoms with Crippen LogP contribution < -0.4 is 5.56 Å². The third-order valence-electron chi connectivity index (χ3n) is 4.97. The van der Waals surface area contributed by atoms with Gasteiger partial charge in [0.2, 0.25) is 0 Å². The summed E-state index contributed by atoms with van der Waals surface area (Å²) >= 11 is 0. The number of aliphatic imine (C=N–C) groups is 1. The number of aromatic nitrogens is 2. The third-order valence-corrected chi connectivity index (χ3v) is 4.97. The molecule has 4 rings (SSSR count). The van der Waals surface area contributed by atoms with Crippen LogP contribution in [0.5, 0.6) is 0 Å². The Hall–Kier alpha value is -2.41. The van der Waals surface area contributed by atoms with Crippen LogP contribution in [-0.2, 0) is 19.5 Å². The molecular formula is C19H20F2N4O. The minimum atomic E-state index is -0.850. The molecule has 2 aromatic rings. The molecule has 0 radical (unpaired) electrons. The third kappa shape index (κ3) is 3.31. The molecule has 0 unspecified atom stereocenters. The quantitative estimate of drug-likeness (QED) is 0.917. The number of halogens is 2. The zero-order chi connectivity index (χ0) is 18.1. The van der Waals surface area contributed by atoms with Gasteiger partial charge in [0.25, 0.3) is 5.56 Å². The molecule has 7 heteroatoms. The van der Waals surface area contributed by atoms with Crippen LogP contribution in [0.15, 0.2) is 28.0 Å². The van der Waals surface area contributed by atoms with Gasteiger partial charge in [-0.2, -0.15) is 0 Å². The highest BCUT2D eigenvalue weighted by Crippen LogP contribution is 2.20. The second kappa shape index (κ2) is 7.07. The van der Waals surface area contributed by atoms with Crippen molar-refractivity contribution in [3.8, 4) is 0 Å². The number of hydrogen-bond donors (Lipinski definition) is 1. The Labute approximate surface area is 149 Å². The second-order valence-electron chi connectivity index (χ2n) is 6.80. The van der Waals surface area contributed by atoms with Crippen molar-refractivity contribution < 1.29 is 8.78 Å². The van der Waals surface area contributed by atoms with Crippen molar-refractivity contribution in [3.05, 3.63) is 62.8 Å². The van der Waals surface area contributed by atoms with Crippen molar-refractivity contribution in [2.75, 3.05) is 13.1 Å². The van der Waals surface area contributed by atoms with Crippen molar-refractivity contribution in [1.82, 2.24) is 14.9 Å². The number of rotatable bonds is 3. The van der Waals surface area contributed by atoms with Crippen molar-refractivity contribution in [3.63, 3.8) is 0 Å². The van der Waals surface area contributed by atoms with Gasteiger partial charge in [0, 0.05) is 38.2 Å². The molecule has 0 saturated heterocycles. The summed E-state index contributed by atoms with van der Waals surface area (Å²) < 4.78 is 27.3. The minimum Gasteiger partial charge on any atom is -0.305 e. The summed E-state index contributed by atoms with van der Waals surface area (Å²) in [6.45, 7) is 2.06. The van der Waals surface area contributed by atoms with E-state index in [1.165, 1.54) is 6.07 Å². The van der Waals surface area contributed by atoms with E-state index < -0.39 is 11.6 Å². The lowest BCUT2D eigenvalue weighted by atomic mass is 10.0. The van der Waals surface area contributed by atoms with E-state index >= 15 is 0 Å². The summed E-state index contributed by atoms with van der Waals surface area (Å²) in [6, 6.07) is 4.17. The van der Waals surface area contributed by atoms with Gasteiger partial charge in [-0.05, 0) is 25.3 Å². The summed E-state index contributed by atoms with van der Waals surface area (Å²) in [5.41, 5.74) is 2.40. The number of benzene rings is 1. The molecule has 2 aliphatic rings. The van der Waals surface area contributed by atoms with E-state index in [9.17, 15) is 13.6 Å². The molecule has 0 aliphatic carbocycles. The Bertz CT molecular complexity index is 922. The molecule has 0 fully saturated rings. The molecule has 3 heterocycles. The second-order valence-corrected chi connectivity index (χ2v) is 6.80. The SMILES string of the molecule is O=c1[nH]c(C2=NCCCC2)nc2c1CN(Cc1cccc(F)c1F)CC2. The Morgan fingerprint density at radius 1 is 1.19 bits per heavy atom. The molecule has 26 heavy (non-hydrogen) atoms. The maximum atomic E-state index is 13.9. The van der Waals surface area contributed by atoms with Gasteiger partial charge in [0.05, 0.1) is 17.0 Å². The normalized spacial score (nSPS) is 17.7. The van der Waals surface area contributed by atoms with Crippen LogP contribution >= 0.6 is 0 Å². The molecule has 0 bridgehead atoms. The average Bonchev–Trinajstić information content (AvgIpc) is 2.66. The van der Waals surface area contributed by atoms with E-state index in [1.807, 2.05) is 4.90 Å². The minimum absolute atomic E-state index is 0.164. The van der Waals surface area contributed by atoms with E-state index in [2.05, 4.69) is 15.0 Å². The number of aromatic amines is 1. The van der Waals surface area contributed by atoms with Crippen LogP contribution in [0.3, 0.4) is 0 Å². The van der Waals surface area contributed by atoms with Gasteiger partial charge in [-0.25, -0.2) is 13.8 Å². The average molecular weight is 358 g/mol. The zero-order valence-corrected chi connectivity index (χ0v) is 14.4. The van der Waals surface area contributed by atoms with E-state index in [0.29, 0.717) is 36.5 Å². The number of nitrogens with one attached hydrogen (secondary N) is 1. The maximum Gasteiger partial charge on any atom is 0.255 e. The lowest BCUT2D eigenvalue weighted by Gasteiger charge is -2.28. The number of nitrogens with zero attached hydrogens (tertiary/aromatic N) is 3. The molecular weight excluding hydrogens is 338 g/mol. The smallest absolute Gasteiger partial charge is 0.255 e. The Morgan fingerprint density at radius 3 is 2.88 bits per heavy atom. The first kappa shape index (κ1) is 17.0. The van der Waals surface area contributed by atoms with E-state index in [4.69, 9.17) is 0 Å². The number of hydrogen-bond acceptors (Lipinski definition) is 4. The van der Waals surface area contributed by atoms with Crippen LogP contribution in [0, 0.1) is 11.6 Å². The molecule has 0 amide bonds. The Morgan fingerprint density at radius 2 is 2.08 bits per heavy atom. The van der Waals surface area contributed by atoms with Crippen molar-refractivity contribution in [1.29, 1.82) is 0 Å². The first-order valence-corrected chi connectivity index (χ1v) is 8.93. The molecule has 136 valence electrons. The predicted molar refractivity (Wildman–Crippen MR) is 94.3 cm³/mol. The lowest BCUT2D eigenvalue weighted by Crippen LogP contribution is -2.36. The zero-order valence-electron chi connectivity index (χ0n) is 14.4. The monoisotopic (exact) mass is 358 g/mol. The number of fused-ring (bicyclic) bond motifs is 1. The lowest BCUT2D eigenvalue weighted by molar-refractivity contribution is 0.237. The van der Waals surface area contributed by atoms with E-state index in [-0.39, 0.29) is 12.1 Å². The van der Waals surface area contributed by atoms with Gasteiger partial charge in [-0.3, -0.25) is 14.7 Å². The van der Waals surface area contributed by atoms with Crippen LogP contribution in [0.1, 0.15) is 41.9 Å². The fourth-order valence-corrected chi connectivity index (χ4v) is 3.55. The van der Waals surface area contributed by atoms with Crippen LogP contribution in [0.25, 0.3) is 0 Å². The summed E-state index contributed by atoms with van der Waals surface area (Å²) in [5, 5.41) is 0. The highest BCUT2D eigenvalue weighted by molar-refractivity contribution is 5.97. The van der Waals surface area contributed by atoms with Gasteiger partial charge in [0.15, 0.2) is 17.5 Å². The largest absolute Gasteiger partial charge is 0.305 e. The van der Waals surface area contributed by atoms with E-state index in [0.717, 1.165) is 43.3 Å². The summed E-state index contributed by atoms with van der Waals surface area (Å²) in [6.07, 6.45) is 3.58. The predicted octanol–water partition coefficient (Wildman–Crippen LogP) is 2.58. The summed E-state index contributed by atoms with van der Waals surface area (Å²) in [4.78, 5) is 26.4. The van der Waals surface area contributed by atoms with Gasteiger partial charge in [-0.1, -0.05) is 12.1 Å². The van der Waals surface area contributed by atoms with Gasteiger partial charge >= 0.3 is 0 Å². The van der Waals surface area contributed by atoms with Crippen molar-refractivity contribution in [2.45, 2.75) is 38.8 Å². The standard InChI is InChI=1S/C19H20F2N4O/c20-14-5-3-4-12(17(14)21)10-25-9-7-15-13(11-25)19(26)24-18(23-15)16-6-1-2-8-22-16/h3-5H,1-2,6-11H2,(H,23,24,26). The topological polar surface area (TPSA) is 61.4 Å². The molecule has 0 spiro atoms. The first-order valence-electron chi connectivity index (χ1n) is 8.93. The first-order chi connectivity index (χ1) is 12.6. The van der Waals surface area contributed by atoms with Gasteiger partial charge in [0.1, 0.15) is 0 Å². The van der Waals surface area contributed by atoms with E-state index in [1.54, 1.807) is 6.07 Å². The fourth-order valence-electron chi connectivity index (χ4n) is 3.55. The van der Waals surface area contributed by atoms with Gasteiger partial charge in [-0.15, -0.1) is 0 Å². The Balaban J connectivity index is 1.56. The highest BCUT2D eigenvalue weighted by Gasteiger charge is 2.23. The molecule has 0 atom stereocenters. The number of H-pyrrole nitrogens is 1. The molecule has 1 aromatic heterocycles. The highest BCUT2D eigenvalue weighted by atomic mass is 19.2. The molecule has 1 N–H and O–H groups in total. The van der Waals surface area contributed by atoms with Gasteiger partial charge < -0.3 is 4.98 Å². The Kier molecular flexibility index (Phi) is 4.63. The van der Waals surface area contributed by atoms with Crippen molar-refractivity contribution >= 4 is 5.71 Å². The van der Waals surface area contributed by atoms with Crippen LogP contribution in [0.4, 0.5) is 8.78 Å². The molecule has 0 saturated carbocycles. The van der Waals surface area contributed by atoms with Crippen LogP contribution in [0.2, 0.25) is 0 Å². The van der Waals surface area contributed by atoms with Crippen LogP contribution in [-0.4, -0.2) is 33.7 Å². The fraction of sp³-hybridized carbons (Fsp3) is 0.421.